The average Bonchev–Trinajstić information content (AvgIpc) is 2.36. The van der Waals surface area contributed by atoms with Crippen molar-refractivity contribution < 1.29 is 14.7 Å². The summed E-state index contributed by atoms with van der Waals surface area (Å²) in [5, 5.41) is 8.88. The van der Waals surface area contributed by atoms with Crippen molar-refractivity contribution in [1.82, 2.24) is 4.90 Å². The second kappa shape index (κ2) is 8.72. The molecule has 0 bridgehead atoms. The molecule has 0 fully saturated rings. The van der Waals surface area contributed by atoms with Gasteiger partial charge in [0.15, 0.2) is 0 Å². The standard InChI is InChI=1S/C16H23NO3S/c1-12(2)8-17(9-16(19)20)15(18)11-21-10-14-6-4-5-13(3)7-14/h4-7,12H,8-11H2,1-3H3,(H,19,20). The first-order valence-corrected chi connectivity index (χ1v) is 8.16. The summed E-state index contributed by atoms with van der Waals surface area (Å²) in [5.74, 6) is 0.260. The van der Waals surface area contributed by atoms with Crippen LogP contribution in [0.1, 0.15) is 25.0 Å². The maximum absolute atomic E-state index is 12.1. The number of nitrogens with zero attached hydrogens (tertiary/aromatic N) is 1. The quantitative estimate of drug-likeness (QED) is 0.802. The van der Waals surface area contributed by atoms with Crippen molar-refractivity contribution in [2.24, 2.45) is 5.92 Å². The Kier molecular flexibility index (Phi) is 7.29. The van der Waals surface area contributed by atoms with Gasteiger partial charge in [0.25, 0.3) is 0 Å². The van der Waals surface area contributed by atoms with Gasteiger partial charge in [-0.2, -0.15) is 0 Å². The summed E-state index contributed by atoms with van der Waals surface area (Å²) in [7, 11) is 0. The van der Waals surface area contributed by atoms with Crippen LogP contribution in [-0.4, -0.2) is 40.7 Å². The van der Waals surface area contributed by atoms with Crippen LogP contribution in [0.2, 0.25) is 0 Å². The van der Waals surface area contributed by atoms with Gasteiger partial charge in [-0.3, -0.25) is 9.59 Å². The molecule has 0 unspecified atom stereocenters. The third-order valence-corrected chi connectivity index (χ3v) is 3.83. The van der Waals surface area contributed by atoms with E-state index in [1.54, 1.807) is 0 Å². The summed E-state index contributed by atoms with van der Waals surface area (Å²) in [4.78, 5) is 24.4. The molecule has 0 heterocycles. The fourth-order valence-corrected chi connectivity index (χ4v) is 2.88. The highest BCUT2D eigenvalue weighted by Crippen LogP contribution is 2.14. The molecule has 1 rings (SSSR count). The molecular weight excluding hydrogens is 286 g/mol. The SMILES string of the molecule is Cc1cccc(CSCC(=O)N(CC(=O)O)CC(C)C)c1. The van der Waals surface area contributed by atoms with Crippen molar-refractivity contribution in [2.45, 2.75) is 26.5 Å². The fourth-order valence-electron chi connectivity index (χ4n) is 2.01. The smallest absolute Gasteiger partial charge is 0.323 e. The Morgan fingerprint density at radius 2 is 2.05 bits per heavy atom. The summed E-state index contributed by atoms with van der Waals surface area (Å²) in [5.41, 5.74) is 2.38. The van der Waals surface area contributed by atoms with Gasteiger partial charge in [-0.05, 0) is 18.4 Å². The van der Waals surface area contributed by atoms with E-state index in [0.717, 1.165) is 5.75 Å². The lowest BCUT2D eigenvalue weighted by Gasteiger charge is -2.22. The fraction of sp³-hybridized carbons (Fsp3) is 0.500. The molecule has 0 aliphatic heterocycles. The number of aliphatic carboxylic acids is 1. The molecule has 1 amide bonds. The normalized spacial score (nSPS) is 10.7. The van der Waals surface area contributed by atoms with Crippen molar-refractivity contribution in [3.05, 3.63) is 35.4 Å². The zero-order chi connectivity index (χ0) is 15.8. The Bertz CT molecular complexity index is 488. The van der Waals surface area contributed by atoms with Crippen LogP contribution in [0.4, 0.5) is 0 Å². The lowest BCUT2D eigenvalue weighted by atomic mass is 10.2. The first-order chi connectivity index (χ1) is 9.88. The summed E-state index contributed by atoms with van der Waals surface area (Å²) >= 11 is 1.52. The van der Waals surface area contributed by atoms with Gasteiger partial charge in [-0.15, -0.1) is 11.8 Å². The molecule has 1 N–H and O–H groups in total. The maximum atomic E-state index is 12.1. The zero-order valence-electron chi connectivity index (χ0n) is 12.8. The third kappa shape index (κ3) is 7.18. The Morgan fingerprint density at radius 3 is 2.62 bits per heavy atom. The van der Waals surface area contributed by atoms with E-state index < -0.39 is 5.97 Å². The summed E-state index contributed by atoms with van der Waals surface area (Å²) < 4.78 is 0. The molecule has 0 spiro atoms. The van der Waals surface area contributed by atoms with Gasteiger partial charge in [0, 0.05) is 12.3 Å². The number of carboxylic acid groups (broad SMARTS) is 1. The van der Waals surface area contributed by atoms with Gasteiger partial charge in [-0.1, -0.05) is 43.7 Å². The number of carboxylic acids is 1. The first kappa shape index (κ1) is 17.6. The van der Waals surface area contributed by atoms with Crippen molar-refractivity contribution in [3.8, 4) is 0 Å². The predicted octanol–water partition coefficient (Wildman–Crippen LogP) is 2.80. The summed E-state index contributed by atoms with van der Waals surface area (Å²) in [6.45, 7) is 6.25. The van der Waals surface area contributed by atoms with E-state index >= 15 is 0 Å². The lowest BCUT2D eigenvalue weighted by Crippen LogP contribution is -2.39. The molecule has 0 saturated heterocycles. The Morgan fingerprint density at radius 1 is 1.33 bits per heavy atom. The number of rotatable bonds is 8. The van der Waals surface area contributed by atoms with Gasteiger partial charge < -0.3 is 10.0 Å². The van der Waals surface area contributed by atoms with Crippen LogP contribution >= 0.6 is 11.8 Å². The molecule has 5 heteroatoms. The van der Waals surface area contributed by atoms with Gasteiger partial charge >= 0.3 is 5.97 Å². The van der Waals surface area contributed by atoms with E-state index in [9.17, 15) is 9.59 Å². The number of amides is 1. The summed E-state index contributed by atoms with van der Waals surface area (Å²) in [6, 6.07) is 8.17. The van der Waals surface area contributed by atoms with Crippen LogP contribution in [0.15, 0.2) is 24.3 Å². The molecule has 1 aromatic carbocycles. The van der Waals surface area contributed by atoms with Crippen LogP contribution in [0.5, 0.6) is 0 Å². The molecule has 21 heavy (non-hydrogen) atoms. The molecule has 1 aromatic rings. The second-order valence-electron chi connectivity index (χ2n) is 5.54. The van der Waals surface area contributed by atoms with E-state index in [1.807, 2.05) is 39.0 Å². The maximum Gasteiger partial charge on any atom is 0.323 e. The number of carbonyl (C=O) groups is 2. The van der Waals surface area contributed by atoms with Crippen LogP contribution in [0.3, 0.4) is 0 Å². The predicted molar refractivity (Wildman–Crippen MR) is 86.4 cm³/mol. The highest BCUT2D eigenvalue weighted by molar-refractivity contribution is 7.99. The van der Waals surface area contributed by atoms with Gasteiger partial charge in [0.1, 0.15) is 6.54 Å². The first-order valence-electron chi connectivity index (χ1n) is 7.01. The number of hydrogen-bond acceptors (Lipinski definition) is 3. The topological polar surface area (TPSA) is 57.6 Å². The number of carbonyl (C=O) groups excluding carboxylic acids is 1. The minimum atomic E-state index is -0.965. The molecule has 0 aliphatic rings. The van der Waals surface area contributed by atoms with E-state index in [2.05, 4.69) is 6.07 Å². The lowest BCUT2D eigenvalue weighted by molar-refractivity contribution is -0.143. The third-order valence-electron chi connectivity index (χ3n) is 2.84. The van der Waals surface area contributed by atoms with Crippen LogP contribution in [0.25, 0.3) is 0 Å². The molecule has 4 nitrogen and oxygen atoms in total. The number of benzene rings is 1. The minimum absolute atomic E-state index is 0.108. The van der Waals surface area contributed by atoms with Crippen LogP contribution in [-0.2, 0) is 15.3 Å². The van der Waals surface area contributed by atoms with E-state index in [4.69, 9.17) is 5.11 Å². The average molecular weight is 309 g/mol. The highest BCUT2D eigenvalue weighted by atomic mass is 32.2. The molecule has 0 radical (unpaired) electrons. The monoisotopic (exact) mass is 309 g/mol. The van der Waals surface area contributed by atoms with E-state index in [-0.39, 0.29) is 18.4 Å². The molecule has 0 atom stereocenters. The Balaban J connectivity index is 2.47. The van der Waals surface area contributed by atoms with Gasteiger partial charge in [0.2, 0.25) is 5.91 Å². The Hall–Kier alpha value is -1.49. The van der Waals surface area contributed by atoms with Crippen molar-refractivity contribution in [1.29, 1.82) is 0 Å². The van der Waals surface area contributed by atoms with Crippen molar-refractivity contribution >= 4 is 23.6 Å². The van der Waals surface area contributed by atoms with E-state index in [0.29, 0.717) is 12.3 Å². The van der Waals surface area contributed by atoms with Crippen LogP contribution < -0.4 is 0 Å². The van der Waals surface area contributed by atoms with Gasteiger partial charge in [0.05, 0.1) is 5.75 Å². The highest BCUT2D eigenvalue weighted by Gasteiger charge is 2.17. The summed E-state index contributed by atoms with van der Waals surface area (Å²) in [6.07, 6.45) is 0. The van der Waals surface area contributed by atoms with Gasteiger partial charge in [-0.25, -0.2) is 0 Å². The molecule has 116 valence electrons. The molecule has 0 aromatic heterocycles. The van der Waals surface area contributed by atoms with E-state index in [1.165, 1.54) is 27.8 Å². The zero-order valence-corrected chi connectivity index (χ0v) is 13.7. The second-order valence-corrected chi connectivity index (χ2v) is 6.53. The number of hydrogen-bond donors (Lipinski definition) is 1. The number of aryl methyl sites for hydroxylation is 1. The largest absolute Gasteiger partial charge is 0.480 e. The molecular formula is C16H23NO3S. The minimum Gasteiger partial charge on any atom is -0.480 e. The van der Waals surface area contributed by atoms with Crippen molar-refractivity contribution in [3.63, 3.8) is 0 Å². The van der Waals surface area contributed by atoms with Crippen LogP contribution in [0, 0.1) is 12.8 Å². The van der Waals surface area contributed by atoms with Crippen molar-refractivity contribution in [2.75, 3.05) is 18.8 Å². The molecule has 0 saturated carbocycles. The number of thioether (sulfide) groups is 1. The molecule has 0 aliphatic carbocycles. The Labute approximate surface area is 130 Å².